The van der Waals surface area contributed by atoms with Crippen LogP contribution in [0.2, 0.25) is 0 Å². The fourth-order valence-corrected chi connectivity index (χ4v) is 3.31. The maximum atomic E-state index is 13.6. The van der Waals surface area contributed by atoms with Gasteiger partial charge in [0, 0.05) is 19.1 Å². The van der Waals surface area contributed by atoms with Crippen LogP contribution in [-0.4, -0.2) is 51.5 Å². The van der Waals surface area contributed by atoms with E-state index in [1.54, 1.807) is 6.07 Å². The summed E-state index contributed by atoms with van der Waals surface area (Å²) in [5.74, 6) is -0.0279. The van der Waals surface area contributed by atoms with Gasteiger partial charge in [0.05, 0.1) is 23.6 Å². The van der Waals surface area contributed by atoms with Gasteiger partial charge in [-0.2, -0.15) is 15.0 Å². The van der Waals surface area contributed by atoms with Crippen LogP contribution in [0.25, 0.3) is 5.69 Å². The van der Waals surface area contributed by atoms with Crippen LogP contribution in [-0.2, 0) is 0 Å². The predicted molar refractivity (Wildman–Crippen MR) is 77.1 cm³/mol. The van der Waals surface area contributed by atoms with Gasteiger partial charge < -0.3 is 10.2 Å². The number of nitrogens with zero attached hydrogens (tertiary/aromatic N) is 4. The van der Waals surface area contributed by atoms with Crippen LogP contribution in [0.3, 0.4) is 0 Å². The molecule has 0 bridgehead atoms. The Labute approximate surface area is 126 Å². The maximum Gasteiger partial charge on any atom is 0.256 e. The zero-order chi connectivity index (χ0) is 15.1. The van der Waals surface area contributed by atoms with Gasteiger partial charge in [-0.05, 0) is 37.1 Å². The highest BCUT2D eigenvalue weighted by Gasteiger charge is 2.43. The van der Waals surface area contributed by atoms with Crippen LogP contribution in [0, 0.1) is 11.7 Å². The molecule has 2 aliphatic rings. The minimum Gasteiger partial charge on any atom is -0.334 e. The molecule has 1 aromatic carbocycles. The second-order valence-electron chi connectivity index (χ2n) is 5.76. The summed E-state index contributed by atoms with van der Waals surface area (Å²) in [6.07, 6.45) is 4.15. The van der Waals surface area contributed by atoms with E-state index in [-0.39, 0.29) is 11.9 Å². The first-order valence-electron chi connectivity index (χ1n) is 7.42. The molecule has 1 aromatic heterocycles. The zero-order valence-corrected chi connectivity index (χ0v) is 11.9. The number of halogens is 1. The summed E-state index contributed by atoms with van der Waals surface area (Å²) in [5.41, 5.74) is 0.809. The number of rotatable bonds is 2. The summed E-state index contributed by atoms with van der Waals surface area (Å²) in [7, 11) is 0. The van der Waals surface area contributed by atoms with Gasteiger partial charge in [0.25, 0.3) is 5.91 Å². The van der Waals surface area contributed by atoms with Crippen molar-refractivity contribution in [2.75, 3.05) is 19.6 Å². The number of likely N-dealkylation sites (tertiary alicyclic amines) is 1. The molecule has 2 aromatic rings. The number of hydrogen-bond acceptors (Lipinski definition) is 4. The van der Waals surface area contributed by atoms with Gasteiger partial charge in [0.1, 0.15) is 5.82 Å². The lowest BCUT2D eigenvalue weighted by Gasteiger charge is -2.51. The van der Waals surface area contributed by atoms with Crippen molar-refractivity contribution in [1.29, 1.82) is 0 Å². The van der Waals surface area contributed by atoms with Crippen molar-refractivity contribution >= 4 is 5.91 Å². The zero-order valence-electron chi connectivity index (χ0n) is 11.9. The van der Waals surface area contributed by atoms with Gasteiger partial charge in [0.15, 0.2) is 0 Å². The number of carbonyl (C=O) groups is 1. The Morgan fingerprint density at radius 2 is 2.14 bits per heavy atom. The molecule has 2 atom stereocenters. The summed E-state index contributed by atoms with van der Waals surface area (Å²) in [6.45, 7) is 2.56. The average molecular weight is 301 g/mol. The van der Waals surface area contributed by atoms with Crippen LogP contribution in [0.5, 0.6) is 0 Å². The topological polar surface area (TPSA) is 63.1 Å². The summed E-state index contributed by atoms with van der Waals surface area (Å²) in [4.78, 5) is 16.0. The Morgan fingerprint density at radius 3 is 2.91 bits per heavy atom. The van der Waals surface area contributed by atoms with Crippen LogP contribution in [0.1, 0.15) is 16.8 Å². The lowest BCUT2D eigenvalue weighted by atomic mass is 9.82. The molecule has 6 nitrogen and oxygen atoms in total. The van der Waals surface area contributed by atoms with Gasteiger partial charge in [-0.25, -0.2) is 4.39 Å². The Bertz CT molecular complexity index is 702. The van der Waals surface area contributed by atoms with Gasteiger partial charge >= 0.3 is 0 Å². The highest BCUT2D eigenvalue weighted by atomic mass is 19.1. The molecule has 0 aliphatic carbocycles. The number of amides is 1. The van der Waals surface area contributed by atoms with Crippen molar-refractivity contribution in [3.63, 3.8) is 0 Å². The van der Waals surface area contributed by atoms with E-state index < -0.39 is 5.82 Å². The van der Waals surface area contributed by atoms with E-state index in [9.17, 15) is 9.18 Å². The van der Waals surface area contributed by atoms with Crippen molar-refractivity contribution in [3.05, 3.63) is 42.0 Å². The van der Waals surface area contributed by atoms with Gasteiger partial charge in [-0.3, -0.25) is 4.79 Å². The van der Waals surface area contributed by atoms with Crippen molar-refractivity contribution in [2.24, 2.45) is 5.92 Å². The highest BCUT2D eigenvalue weighted by molar-refractivity contribution is 5.98. The lowest BCUT2D eigenvalue weighted by molar-refractivity contribution is 0.00276. The number of fused-ring (bicyclic) bond motifs is 1. The van der Waals surface area contributed by atoms with E-state index in [1.165, 1.54) is 29.3 Å². The molecule has 22 heavy (non-hydrogen) atoms. The number of benzene rings is 1. The normalized spacial score (nSPS) is 23.8. The molecule has 114 valence electrons. The lowest BCUT2D eigenvalue weighted by Crippen LogP contribution is -2.65. The molecule has 2 unspecified atom stereocenters. The molecule has 0 radical (unpaired) electrons. The van der Waals surface area contributed by atoms with Crippen LogP contribution < -0.4 is 5.32 Å². The van der Waals surface area contributed by atoms with E-state index >= 15 is 0 Å². The fraction of sp³-hybridized carbons (Fsp3) is 0.400. The summed E-state index contributed by atoms with van der Waals surface area (Å²) in [5, 5.41) is 11.4. The third-order valence-corrected chi connectivity index (χ3v) is 4.51. The van der Waals surface area contributed by atoms with Crippen molar-refractivity contribution in [1.82, 2.24) is 25.2 Å². The maximum absolute atomic E-state index is 13.6. The van der Waals surface area contributed by atoms with E-state index in [4.69, 9.17) is 0 Å². The molecule has 1 N–H and O–H groups in total. The fourth-order valence-electron chi connectivity index (χ4n) is 3.31. The number of hydrogen-bond donors (Lipinski definition) is 1. The number of carbonyl (C=O) groups excluding carboxylic acids is 1. The molecular formula is C15H16FN5O. The van der Waals surface area contributed by atoms with E-state index in [0.717, 1.165) is 26.1 Å². The second kappa shape index (κ2) is 5.17. The highest BCUT2D eigenvalue weighted by Crippen LogP contribution is 2.32. The third-order valence-electron chi connectivity index (χ3n) is 4.51. The molecule has 2 saturated heterocycles. The predicted octanol–water partition coefficient (Wildman–Crippen LogP) is 0.840. The van der Waals surface area contributed by atoms with Crippen LogP contribution in [0.4, 0.5) is 4.39 Å². The molecule has 2 aliphatic heterocycles. The molecule has 4 rings (SSSR count). The standard InChI is InChI=1S/C15H16FN5O/c16-11-1-2-13(21-18-5-6-19-21)12(7-11)15(22)20-9-10-3-4-17-8-14(10)20/h1-2,5-7,10,14,17H,3-4,8-9H2. The summed E-state index contributed by atoms with van der Waals surface area (Å²) >= 11 is 0. The van der Waals surface area contributed by atoms with Gasteiger partial charge in [0.2, 0.25) is 0 Å². The number of nitrogens with one attached hydrogen (secondary N) is 1. The van der Waals surface area contributed by atoms with E-state index in [2.05, 4.69) is 15.5 Å². The first kappa shape index (κ1) is 13.4. The Balaban J connectivity index is 1.67. The molecular weight excluding hydrogens is 285 g/mol. The SMILES string of the molecule is O=C(c1cc(F)ccc1-n1nccn1)N1CC2CCNCC21. The van der Waals surface area contributed by atoms with Gasteiger partial charge in [-0.15, -0.1) is 0 Å². The first-order chi connectivity index (χ1) is 10.7. The van der Waals surface area contributed by atoms with E-state index in [0.29, 0.717) is 17.2 Å². The second-order valence-corrected chi connectivity index (χ2v) is 5.76. The van der Waals surface area contributed by atoms with Crippen molar-refractivity contribution < 1.29 is 9.18 Å². The molecule has 0 saturated carbocycles. The van der Waals surface area contributed by atoms with Crippen molar-refractivity contribution in [3.8, 4) is 5.69 Å². The monoisotopic (exact) mass is 301 g/mol. The van der Waals surface area contributed by atoms with Gasteiger partial charge in [-0.1, -0.05) is 0 Å². The smallest absolute Gasteiger partial charge is 0.256 e. The molecule has 1 amide bonds. The quantitative estimate of drug-likeness (QED) is 0.893. The number of aromatic nitrogens is 3. The summed E-state index contributed by atoms with van der Waals surface area (Å²) < 4.78 is 13.6. The molecule has 3 heterocycles. The van der Waals surface area contributed by atoms with E-state index in [1.807, 2.05) is 4.90 Å². The molecule has 2 fully saturated rings. The Morgan fingerprint density at radius 1 is 1.32 bits per heavy atom. The molecule has 0 spiro atoms. The van der Waals surface area contributed by atoms with Crippen molar-refractivity contribution in [2.45, 2.75) is 12.5 Å². The minimum atomic E-state index is -0.432. The first-order valence-corrected chi connectivity index (χ1v) is 7.42. The van der Waals surface area contributed by atoms with Crippen LogP contribution in [0.15, 0.2) is 30.6 Å². The third kappa shape index (κ3) is 2.09. The largest absolute Gasteiger partial charge is 0.334 e. The minimum absolute atomic E-state index is 0.156. The Kier molecular flexibility index (Phi) is 3.15. The Hall–Kier alpha value is -2.28. The average Bonchev–Trinajstić information content (AvgIpc) is 3.02. The number of piperidine rings is 1. The van der Waals surface area contributed by atoms with Crippen LogP contribution >= 0.6 is 0 Å². The summed E-state index contributed by atoms with van der Waals surface area (Å²) in [6, 6.07) is 4.34. The molecule has 7 heteroatoms.